The molecule has 1 aliphatic heterocycles. The lowest BCUT2D eigenvalue weighted by molar-refractivity contribution is -0.180. The highest BCUT2D eigenvalue weighted by Gasteiger charge is 2.42. The first-order valence-electron chi connectivity index (χ1n) is 9.60. The van der Waals surface area contributed by atoms with Crippen LogP contribution in [0.5, 0.6) is 0 Å². The van der Waals surface area contributed by atoms with Crippen LogP contribution in [0.4, 0.5) is 5.69 Å². The minimum Gasteiger partial charge on any atom is -0.394 e. The monoisotopic (exact) mass is 399 g/mol. The van der Waals surface area contributed by atoms with Gasteiger partial charge >= 0.3 is 0 Å². The summed E-state index contributed by atoms with van der Waals surface area (Å²) in [5.41, 5.74) is 3.39. The molecule has 29 heavy (non-hydrogen) atoms. The molecule has 1 aliphatic rings. The van der Waals surface area contributed by atoms with E-state index in [-0.39, 0.29) is 12.2 Å². The van der Waals surface area contributed by atoms with Crippen molar-refractivity contribution in [1.82, 2.24) is 9.97 Å². The van der Waals surface area contributed by atoms with E-state index in [1.807, 2.05) is 31.2 Å². The van der Waals surface area contributed by atoms with Gasteiger partial charge in [0.2, 0.25) is 0 Å². The molecule has 0 aliphatic carbocycles. The van der Waals surface area contributed by atoms with Gasteiger partial charge in [0, 0.05) is 17.3 Å². The van der Waals surface area contributed by atoms with Crippen LogP contribution in [0.15, 0.2) is 41.3 Å². The predicted molar refractivity (Wildman–Crippen MR) is 110 cm³/mol. The van der Waals surface area contributed by atoms with E-state index in [2.05, 4.69) is 15.3 Å². The first kappa shape index (κ1) is 19.7. The van der Waals surface area contributed by atoms with Gasteiger partial charge in [0.1, 0.15) is 18.3 Å². The standard InChI is InChI=1S/C21H25N3O5/c1-10-13-6-5-12(23-18-11(2)29-16(9-25)19(26)20(18)27)8-15(13)24-21(28)17(10)14-4-3-7-22-14/h3-8,11,16,18-20,22-23,25-27H,9H2,1-2H3,(H,24,28). The Morgan fingerprint density at radius 3 is 2.69 bits per heavy atom. The number of anilines is 1. The topological polar surface area (TPSA) is 131 Å². The molecule has 0 radical (unpaired) electrons. The zero-order valence-corrected chi connectivity index (χ0v) is 16.2. The molecule has 2 aromatic heterocycles. The lowest BCUT2D eigenvalue weighted by atomic mass is 9.93. The second-order valence-corrected chi connectivity index (χ2v) is 7.51. The Hall–Kier alpha value is -2.65. The van der Waals surface area contributed by atoms with Crippen LogP contribution in [0.2, 0.25) is 0 Å². The van der Waals surface area contributed by atoms with Crippen LogP contribution in [-0.2, 0) is 4.74 Å². The summed E-state index contributed by atoms with van der Waals surface area (Å²) >= 11 is 0. The molecule has 0 bridgehead atoms. The molecule has 3 heterocycles. The summed E-state index contributed by atoms with van der Waals surface area (Å²) in [4.78, 5) is 18.7. The lowest BCUT2D eigenvalue weighted by Gasteiger charge is -2.41. The van der Waals surface area contributed by atoms with Gasteiger partial charge in [-0.3, -0.25) is 4.79 Å². The fraction of sp³-hybridized carbons (Fsp3) is 0.381. The van der Waals surface area contributed by atoms with Gasteiger partial charge in [0.15, 0.2) is 0 Å². The van der Waals surface area contributed by atoms with Crippen LogP contribution >= 0.6 is 0 Å². The van der Waals surface area contributed by atoms with Gasteiger partial charge in [-0.15, -0.1) is 0 Å². The van der Waals surface area contributed by atoms with E-state index in [1.165, 1.54) is 0 Å². The van der Waals surface area contributed by atoms with Crippen LogP contribution in [0, 0.1) is 6.92 Å². The molecule has 0 saturated carbocycles. The molecule has 5 unspecified atom stereocenters. The summed E-state index contributed by atoms with van der Waals surface area (Å²) in [6.45, 7) is 3.31. The number of aromatic nitrogens is 2. The van der Waals surface area contributed by atoms with E-state index in [9.17, 15) is 20.1 Å². The van der Waals surface area contributed by atoms with Crippen molar-refractivity contribution in [1.29, 1.82) is 0 Å². The third-order valence-corrected chi connectivity index (χ3v) is 5.65. The van der Waals surface area contributed by atoms with E-state index in [4.69, 9.17) is 4.74 Å². The number of fused-ring (bicyclic) bond motifs is 1. The maximum absolute atomic E-state index is 12.7. The quantitative estimate of drug-likeness (QED) is 0.390. The molecular weight excluding hydrogens is 374 g/mol. The molecule has 8 nitrogen and oxygen atoms in total. The number of aromatic amines is 2. The first-order valence-corrected chi connectivity index (χ1v) is 9.60. The Bertz CT molecular complexity index is 1060. The minimum atomic E-state index is -1.19. The summed E-state index contributed by atoms with van der Waals surface area (Å²) in [5.74, 6) is 0. The Kier molecular flexibility index (Phi) is 5.18. The molecular formula is C21H25N3O5. The maximum atomic E-state index is 12.7. The molecule has 1 aromatic carbocycles. The Morgan fingerprint density at radius 1 is 1.21 bits per heavy atom. The van der Waals surface area contributed by atoms with Crippen molar-refractivity contribution in [2.75, 3.05) is 11.9 Å². The Labute approximate surface area is 167 Å². The Balaban J connectivity index is 1.66. The smallest absolute Gasteiger partial charge is 0.258 e. The van der Waals surface area contributed by atoms with Crippen molar-refractivity contribution in [2.24, 2.45) is 0 Å². The number of nitrogens with one attached hydrogen (secondary N) is 3. The maximum Gasteiger partial charge on any atom is 0.258 e. The van der Waals surface area contributed by atoms with Gasteiger partial charge in [-0.05, 0) is 43.7 Å². The molecule has 6 N–H and O–H groups in total. The molecule has 1 saturated heterocycles. The number of pyridine rings is 1. The second kappa shape index (κ2) is 7.64. The fourth-order valence-corrected chi connectivity index (χ4v) is 4.06. The molecule has 1 fully saturated rings. The number of benzene rings is 1. The van der Waals surface area contributed by atoms with Gasteiger partial charge in [0.25, 0.3) is 5.56 Å². The number of hydrogen-bond acceptors (Lipinski definition) is 6. The molecule has 154 valence electrons. The molecule has 3 aromatic rings. The molecule has 0 amide bonds. The van der Waals surface area contributed by atoms with Crippen LogP contribution in [0.25, 0.3) is 22.2 Å². The highest BCUT2D eigenvalue weighted by atomic mass is 16.5. The van der Waals surface area contributed by atoms with Crippen molar-refractivity contribution >= 4 is 16.6 Å². The van der Waals surface area contributed by atoms with Crippen LogP contribution < -0.4 is 10.9 Å². The van der Waals surface area contributed by atoms with Gasteiger partial charge in [0.05, 0.1) is 35.5 Å². The zero-order chi connectivity index (χ0) is 20.7. The third kappa shape index (κ3) is 3.44. The first-order chi connectivity index (χ1) is 13.9. The molecule has 0 spiro atoms. The van der Waals surface area contributed by atoms with Crippen LogP contribution in [-0.4, -0.2) is 62.4 Å². The average molecular weight is 399 g/mol. The summed E-state index contributed by atoms with van der Waals surface area (Å²) in [5, 5.41) is 34.0. The van der Waals surface area contributed by atoms with Gasteiger partial charge in [-0.1, -0.05) is 6.07 Å². The minimum absolute atomic E-state index is 0.190. The third-order valence-electron chi connectivity index (χ3n) is 5.65. The van der Waals surface area contributed by atoms with E-state index >= 15 is 0 Å². The van der Waals surface area contributed by atoms with Crippen molar-refractivity contribution in [2.45, 2.75) is 44.3 Å². The second-order valence-electron chi connectivity index (χ2n) is 7.51. The average Bonchev–Trinajstić information content (AvgIpc) is 3.22. The highest BCUT2D eigenvalue weighted by Crippen LogP contribution is 2.28. The normalized spacial score (nSPS) is 27.3. The SMILES string of the molecule is Cc1c(-c2ccc[nH]2)c(=O)[nH]c2cc(NC3C(C)OC(CO)C(O)C3O)ccc12. The Morgan fingerprint density at radius 2 is 2.00 bits per heavy atom. The number of ether oxygens (including phenoxy) is 1. The molecule has 5 atom stereocenters. The van der Waals surface area contributed by atoms with Crippen LogP contribution in [0.3, 0.4) is 0 Å². The van der Waals surface area contributed by atoms with Gasteiger partial charge in [-0.25, -0.2) is 0 Å². The van der Waals surface area contributed by atoms with Gasteiger partial charge in [-0.2, -0.15) is 0 Å². The summed E-state index contributed by atoms with van der Waals surface area (Å²) < 4.78 is 5.60. The van der Waals surface area contributed by atoms with Crippen LogP contribution in [0.1, 0.15) is 12.5 Å². The van der Waals surface area contributed by atoms with Gasteiger partial charge < -0.3 is 35.3 Å². The van der Waals surface area contributed by atoms with E-state index < -0.39 is 30.5 Å². The van der Waals surface area contributed by atoms with Crippen molar-refractivity contribution in [3.05, 3.63) is 52.4 Å². The largest absolute Gasteiger partial charge is 0.394 e. The number of rotatable bonds is 4. The number of H-pyrrole nitrogens is 2. The molecule has 4 rings (SSSR count). The van der Waals surface area contributed by atoms with E-state index in [0.29, 0.717) is 16.8 Å². The molecule has 8 heteroatoms. The number of aliphatic hydroxyl groups is 3. The number of aryl methyl sites for hydroxylation is 1. The summed E-state index contributed by atoms with van der Waals surface area (Å²) in [7, 11) is 0. The van der Waals surface area contributed by atoms with Crippen molar-refractivity contribution in [3.8, 4) is 11.3 Å². The lowest BCUT2D eigenvalue weighted by Crippen LogP contribution is -2.60. The van der Waals surface area contributed by atoms with Crippen molar-refractivity contribution in [3.63, 3.8) is 0 Å². The van der Waals surface area contributed by atoms with E-state index in [0.717, 1.165) is 16.6 Å². The fourth-order valence-electron chi connectivity index (χ4n) is 4.06. The number of aliphatic hydroxyl groups excluding tert-OH is 3. The predicted octanol–water partition coefficient (Wildman–Crippen LogP) is 1.11. The summed E-state index contributed by atoms with van der Waals surface area (Å²) in [6, 6.07) is 8.69. The number of hydrogen-bond donors (Lipinski definition) is 6. The van der Waals surface area contributed by atoms with Crippen molar-refractivity contribution < 1.29 is 20.1 Å². The summed E-state index contributed by atoms with van der Waals surface area (Å²) in [6.07, 6.45) is -1.78. The van der Waals surface area contributed by atoms with E-state index in [1.54, 1.807) is 19.2 Å². The zero-order valence-electron chi connectivity index (χ0n) is 16.2. The highest BCUT2D eigenvalue weighted by molar-refractivity contribution is 5.89.